The molecular weight excluding hydrogens is 94.0 g/mol. The molecule has 0 spiro atoms. The van der Waals surface area contributed by atoms with Crippen molar-refractivity contribution in [3.8, 4) is 0 Å². The van der Waals surface area contributed by atoms with Crippen LogP contribution in [0.25, 0.3) is 0 Å². The summed E-state index contributed by atoms with van der Waals surface area (Å²) in [5.41, 5.74) is 0. The molecule has 1 aliphatic rings. The van der Waals surface area contributed by atoms with Crippen LogP contribution in [-0.2, 0) is 4.74 Å². The molecule has 3 heteroatoms. The van der Waals surface area contributed by atoms with Gasteiger partial charge in [0.1, 0.15) is 6.61 Å². The first-order valence-corrected chi connectivity index (χ1v) is 2.38. The van der Waals surface area contributed by atoms with Crippen LogP contribution in [0.3, 0.4) is 0 Å². The Labute approximate surface area is 42.3 Å². The third-order valence-corrected chi connectivity index (χ3v) is 0.871. The summed E-state index contributed by atoms with van der Waals surface area (Å²) < 4.78 is 4.58. The highest BCUT2D eigenvalue weighted by molar-refractivity contribution is 4.74. The SMILES string of the molecule is CCNC1(O)CO1. The van der Waals surface area contributed by atoms with Gasteiger partial charge in [0.05, 0.1) is 0 Å². The molecule has 2 N–H and O–H groups in total. The molecule has 1 saturated heterocycles. The van der Waals surface area contributed by atoms with E-state index in [1.54, 1.807) is 0 Å². The molecule has 0 saturated carbocycles. The van der Waals surface area contributed by atoms with E-state index in [-0.39, 0.29) is 0 Å². The van der Waals surface area contributed by atoms with E-state index in [0.29, 0.717) is 6.61 Å². The second-order valence-electron chi connectivity index (χ2n) is 1.60. The van der Waals surface area contributed by atoms with Gasteiger partial charge in [-0.3, -0.25) is 5.32 Å². The molecule has 3 nitrogen and oxygen atoms in total. The second kappa shape index (κ2) is 1.43. The Morgan fingerprint density at radius 2 is 2.57 bits per heavy atom. The molecule has 1 fully saturated rings. The number of hydrogen-bond donors (Lipinski definition) is 2. The number of likely N-dealkylation sites (N-methyl/N-ethyl adjacent to an activating group) is 1. The van der Waals surface area contributed by atoms with Gasteiger partial charge >= 0.3 is 0 Å². The zero-order valence-electron chi connectivity index (χ0n) is 4.27. The number of epoxide rings is 1. The Morgan fingerprint density at radius 1 is 2.00 bits per heavy atom. The fraction of sp³-hybridized carbons (Fsp3) is 1.00. The summed E-state index contributed by atoms with van der Waals surface area (Å²) in [4.78, 5) is 0. The summed E-state index contributed by atoms with van der Waals surface area (Å²) in [6.45, 7) is 3.09. The normalized spacial score (nSPS) is 38.6. The maximum Gasteiger partial charge on any atom is 0.250 e. The molecule has 42 valence electrons. The predicted octanol–water partition coefficient (Wildman–Crippen LogP) is -0.728. The minimum atomic E-state index is -0.950. The first kappa shape index (κ1) is 5.03. The Kier molecular flexibility index (Phi) is 1.03. The average molecular weight is 103 g/mol. The lowest BCUT2D eigenvalue weighted by molar-refractivity contribution is 0.00669. The van der Waals surface area contributed by atoms with Gasteiger partial charge in [0.25, 0.3) is 0 Å². The number of aliphatic hydroxyl groups is 1. The lowest BCUT2D eigenvalue weighted by Gasteiger charge is -2.00. The summed E-state index contributed by atoms with van der Waals surface area (Å²) >= 11 is 0. The molecule has 1 atom stereocenters. The molecule has 1 rings (SSSR count). The number of nitrogens with one attached hydrogen (secondary N) is 1. The van der Waals surface area contributed by atoms with Crippen LogP contribution in [0.5, 0.6) is 0 Å². The standard InChI is InChI=1S/C4H9NO2/c1-2-5-4(6)3-7-4/h5-6H,2-3H2,1H3. The molecule has 1 unspecified atom stereocenters. The van der Waals surface area contributed by atoms with Gasteiger partial charge in [-0.2, -0.15) is 0 Å². The molecule has 0 aromatic heterocycles. The van der Waals surface area contributed by atoms with E-state index in [1.165, 1.54) is 0 Å². The number of ether oxygens (including phenoxy) is 1. The highest BCUT2D eigenvalue weighted by Crippen LogP contribution is 2.17. The van der Waals surface area contributed by atoms with E-state index in [2.05, 4.69) is 10.1 Å². The molecule has 0 bridgehead atoms. The van der Waals surface area contributed by atoms with E-state index in [4.69, 9.17) is 5.11 Å². The molecule has 1 aliphatic heterocycles. The van der Waals surface area contributed by atoms with Crippen molar-refractivity contribution < 1.29 is 9.84 Å². The molecule has 0 amide bonds. The molecule has 0 aromatic carbocycles. The average Bonchev–Trinajstić information content (AvgIpc) is 2.22. The van der Waals surface area contributed by atoms with Crippen molar-refractivity contribution in [1.29, 1.82) is 0 Å². The van der Waals surface area contributed by atoms with Crippen LogP contribution in [0, 0.1) is 0 Å². The van der Waals surface area contributed by atoms with Gasteiger partial charge in [0, 0.05) is 0 Å². The van der Waals surface area contributed by atoms with E-state index in [1.807, 2.05) is 6.92 Å². The van der Waals surface area contributed by atoms with E-state index in [0.717, 1.165) is 6.54 Å². The smallest absolute Gasteiger partial charge is 0.250 e. The Balaban J connectivity index is 2.13. The largest absolute Gasteiger partial charge is 0.351 e. The predicted molar refractivity (Wildman–Crippen MR) is 24.6 cm³/mol. The van der Waals surface area contributed by atoms with Crippen LogP contribution in [0.2, 0.25) is 0 Å². The van der Waals surface area contributed by atoms with Gasteiger partial charge in [-0.15, -0.1) is 0 Å². The summed E-state index contributed by atoms with van der Waals surface area (Å²) in [6, 6.07) is 0. The highest BCUT2D eigenvalue weighted by atomic mass is 16.7. The summed E-state index contributed by atoms with van der Waals surface area (Å²) in [5, 5.41) is 11.5. The molecular formula is C4H9NO2. The van der Waals surface area contributed by atoms with Crippen molar-refractivity contribution in [2.75, 3.05) is 13.2 Å². The lowest BCUT2D eigenvalue weighted by atomic mass is 10.6. The molecule has 0 aliphatic carbocycles. The monoisotopic (exact) mass is 103 g/mol. The summed E-state index contributed by atoms with van der Waals surface area (Å²) in [6.07, 6.45) is 0. The summed E-state index contributed by atoms with van der Waals surface area (Å²) in [5.74, 6) is -0.950. The zero-order chi connectivity index (χ0) is 5.33. The van der Waals surface area contributed by atoms with Crippen molar-refractivity contribution in [3.05, 3.63) is 0 Å². The van der Waals surface area contributed by atoms with E-state index >= 15 is 0 Å². The first-order valence-electron chi connectivity index (χ1n) is 2.38. The van der Waals surface area contributed by atoms with Gasteiger partial charge in [-0.1, -0.05) is 6.92 Å². The highest BCUT2D eigenvalue weighted by Gasteiger charge is 2.41. The van der Waals surface area contributed by atoms with E-state index < -0.39 is 5.91 Å². The van der Waals surface area contributed by atoms with Crippen molar-refractivity contribution in [1.82, 2.24) is 5.32 Å². The Hall–Kier alpha value is -0.120. The van der Waals surface area contributed by atoms with E-state index in [9.17, 15) is 0 Å². The fourth-order valence-corrected chi connectivity index (χ4v) is 0.447. The maximum absolute atomic E-state index is 8.80. The minimum absolute atomic E-state index is 0.431. The molecule has 7 heavy (non-hydrogen) atoms. The lowest BCUT2D eigenvalue weighted by Crippen LogP contribution is -2.31. The third-order valence-electron chi connectivity index (χ3n) is 0.871. The zero-order valence-corrected chi connectivity index (χ0v) is 4.27. The Morgan fingerprint density at radius 3 is 2.71 bits per heavy atom. The first-order chi connectivity index (χ1) is 3.27. The van der Waals surface area contributed by atoms with Gasteiger partial charge < -0.3 is 9.84 Å². The van der Waals surface area contributed by atoms with Crippen LogP contribution in [0.4, 0.5) is 0 Å². The topological polar surface area (TPSA) is 44.8 Å². The minimum Gasteiger partial charge on any atom is -0.351 e. The van der Waals surface area contributed by atoms with Gasteiger partial charge in [-0.25, -0.2) is 0 Å². The van der Waals surface area contributed by atoms with Crippen LogP contribution >= 0.6 is 0 Å². The van der Waals surface area contributed by atoms with Crippen molar-refractivity contribution in [3.63, 3.8) is 0 Å². The van der Waals surface area contributed by atoms with Crippen LogP contribution < -0.4 is 5.32 Å². The van der Waals surface area contributed by atoms with Gasteiger partial charge in [-0.05, 0) is 6.54 Å². The van der Waals surface area contributed by atoms with Crippen molar-refractivity contribution in [2.45, 2.75) is 12.8 Å². The molecule has 1 heterocycles. The quantitative estimate of drug-likeness (QED) is 0.358. The fourth-order valence-electron chi connectivity index (χ4n) is 0.447. The second-order valence-corrected chi connectivity index (χ2v) is 1.60. The molecule has 0 radical (unpaired) electrons. The van der Waals surface area contributed by atoms with Crippen molar-refractivity contribution in [2.24, 2.45) is 0 Å². The third kappa shape index (κ3) is 1.12. The maximum atomic E-state index is 8.80. The summed E-state index contributed by atoms with van der Waals surface area (Å²) in [7, 11) is 0. The van der Waals surface area contributed by atoms with Crippen molar-refractivity contribution >= 4 is 0 Å². The van der Waals surface area contributed by atoms with Crippen LogP contribution in [0.15, 0.2) is 0 Å². The number of hydrogen-bond acceptors (Lipinski definition) is 3. The number of rotatable bonds is 2. The molecule has 0 aromatic rings. The Bertz CT molecular complexity index is 70.1. The van der Waals surface area contributed by atoms with Crippen LogP contribution in [-0.4, -0.2) is 24.2 Å². The van der Waals surface area contributed by atoms with Crippen LogP contribution in [0.1, 0.15) is 6.92 Å². The van der Waals surface area contributed by atoms with Gasteiger partial charge in [0.15, 0.2) is 0 Å². The van der Waals surface area contributed by atoms with Gasteiger partial charge in [0.2, 0.25) is 5.91 Å².